The molecule has 0 aliphatic carbocycles. The standard InChI is InChI=1S/C17H12N2O3S/c1-22-14-7-6-10(8-13(14)20)9-15-16(21)19-12-5-3-2-4-11(12)18-17(19)23-15/h2-9,20H,1H3/b15-9+. The minimum Gasteiger partial charge on any atom is -0.504 e. The van der Waals surface area contributed by atoms with Gasteiger partial charge in [0, 0.05) is 0 Å². The molecule has 0 aliphatic rings. The van der Waals surface area contributed by atoms with Crippen molar-refractivity contribution in [2.45, 2.75) is 0 Å². The zero-order chi connectivity index (χ0) is 16.0. The van der Waals surface area contributed by atoms with Crippen molar-refractivity contribution >= 4 is 33.4 Å². The summed E-state index contributed by atoms with van der Waals surface area (Å²) in [5.74, 6) is 0.442. The summed E-state index contributed by atoms with van der Waals surface area (Å²) in [5.41, 5.74) is 2.24. The normalized spacial score (nSPS) is 12.3. The summed E-state index contributed by atoms with van der Waals surface area (Å²) >= 11 is 1.33. The van der Waals surface area contributed by atoms with Crippen molar-refractivity contribution in [1.29, 1.82) is 0 Å². The Morgan fingerprint density at radius 3 is 2.87 bits per heavy atom. The van der Waals surface area contributed by atoms with E-state index in [9.17, 15) is 9.90 Å². The van der Waals surface area contributed by atoms with Crippen LogP contribution in [-0.4, -0.2) is 21.6 Å². The molecule has 0 amide bonds. The zero-order valence-electron chi connectivity index (χ0n) is 12.2. The number of thiazole rings is 1. The quantitative estimate of drug-likeness (QED) is 0.614. The SMILES string of the molecule is COc1ccc(/C=c2/sc3nc4ccccc4n3c2=O)cc1O. The molecule has 0 saturated carbocycles. The van der Waals surface area contributed by atoms with Gasteiger partial charge in [0.2, 0.25) is 0 Å². The second-order valence-corrected chi connectivity index (χ2v) is 6.07. The smallest absolute Gasteiger partial charge is 0.274 e. The lowest BCUT2D eigenvalue weighted by Gasteiger charge is -2.02. The van der Waals surface area contributed by atoms with Crippen LogP contribution in [0.5, 0.6) is 11.5 Å². The van der Waals surface area contributed by atoms with Gasteiger partial charge in [0.1, 0.15) is 0 Å². The molecular weight excluding hydrogens is 312 g/mol. The Labute approximate surface area is 134 Å². The number of ether oxygens (including phenoxy) is 1. The van der Waals surface area contributed by atoms with Crippen LogP contribution in [-0.2, 0) is 0 Å². The van der Waals surface area contributed by atoms with E-state index >= 15 is 0 Å². The van der Waals surface area contributed by atoms with Gasteiger partial charge in [-0.2, -0.15) is 0 Å². The minimum absolute atomic E-state index is 0.0421. The predicted octanol–water partition coefficient (Wildman–Crippen LogP) is 2.17. The fourth-order valence-corrected chi connectivity index (χ4v) is 3.55. The molecule has 0 atom stereocenters. The third kappa shape index (κ3) is 2.15. The number of rotatable bonds is 2. The Morgan fingerprint density at radius 2 is 2.09 bits per heavy atom. The summed E-state index contributed by atoms with van der Waals surface area (Å²) in [4.78, 5) is 17.8. The summed E-state index contributed by atoms with van der Waals surface area (Å²) in [6.45, 7) is 0. The predicted molar refractivity (Wildman–Crippen MR) is 90.3 cm³/mol. The van der Waals surface area contributed by atoms with E-state index in [4.69, 9.17) is 4.74 Å². The van der Waals surface area contributed by atoms with Gasteiger partial charge in [0.25, 0.3) is 5.56 Å². The summed E-state index contributed by atoms with van der Waals surface area (Å²) in [7, 11) is 1.49. The summed E-state index contributed by atoms with van der Waals surface area (Å²) in [6.07, 6.45) is 1.75. The van der Waals surface area contributed by atoms with Gasteiger partial charge in [-0.3, -0.25) is 4.79 Å². The highest BCUT2D eigenvalue weighted by molar-refractivity contribution is 7.15. The molecule has 2 heterocycles. The molecule has 2 aromatic carbocycles. The van der Waals surface area contributed by atoms with E-state index in [2.05, 4.69) is 4.98 Å². The molecule has 0 aliphatic heterocycles. The molecule has 1 N–H and O–H groups in total. The number of phenolic OH excluding ortho intramolecular Hbond substituents is 1. The number of benzene rings is 2. The number of aromatic hydroxyl groups is 1. The molecule has 5 nitrogen and oxygen atoms in total. The summed E-state index contributed by atoms with van der Waals surface area (Å²) < 4.78 is 7.21. The molecule has 23 heavy (non-hydrogen) atoms. The van der Waals surface area contributed by atoms with Gasteiger partial charge in [-0.15, -0.1) is 0 Å². The first-order chi connectivity index (χ1) is 11.2. The Kier molecular flexibility index (Phi) is 3.06. The van der Waals surface area contributed by atoms with E-state index in [1.165, 1.54) is 18.4 Å². The van der Waals surface area contributed by atoms with Crippen LogP contribution < -0.4 is 14.8 Å². The molecule has 0 radical (unpaired) electrons. The van der Waals surface area contributed by atoms with Gasteiger partial charge in [-0.1, -0.05) is 29.5 Å². The van der Waals surface area contributed by atoms with Crippen LogP contribution in [0.2, 0.25) is 0 Å². The van der Waals surface area contributed by atoms with Crippen molar-refractivity contribution in [3.05, 3.63) is 62.9 Å². The van der Waals surface area contributed by atoms with Crippen molar-refractivity contribution in [3.63, 3.8) is 0 Å². The molecular formula is C17H12N2O3S. The first-order valence-electron chi connectivity index (χ1n) is 6.96. The zero-order valence-corrected chi connectivity index (χ0v) is 13.0. The Hall–Kier alpha value is -2.86. The second kappa shape index (κ2) is 5.10. The third-order valence-corrected chi connectivity index (χ3v) is 4.61. The van der Waals surface area contributed by atoms with E-state index in [1.54, 1.807) is 28.7 Å². The van der Waals surface area contributed by atoms with Gasteiger partial charge in [-0.25, -0.2) is 9.38 Å². The molecule has 0 spiro atoms. The van der Waals surface area contributed by atoms with Crippen molar-refractivity contribution in [3.8, 4) is 11.5 Å². The van der Waals surface area contributed by atoms with E-state index in [0.29, 0.717) is 15.2 Å². The topological polar surface area (TPSA) is 63.8 Å². The van der Waals surface area contributed by atoms with Crippen LogP contribution in [0.3, 0.4) is 0 Å². The molecule has 2 aromatic heterocycles. The highest BCUT2D eigenvalue weighted by atomic mass is 32.1. The van der Waals surface area contributed by atoms with E-state index in [-0.39, 0.29) is 11.3 Å². The first kappa shape index (κ1) is 13.8. The van der Waals surface area contributed by atoms with Gasteiger partial charge in [-0.05, 0) is 35.9 Å². The highest BCUT2D eigenvalue weighted by Gasteiger charge is 2.10. The molecule has 4 rings (SSSR count). The summed E-state index contributed by atoms with van der Waals surface area (Å²) in [5, 5.41) is 9.84. The maximum atomic E-state index is 12.6. The minimum atomic E-state index is -0.103. The number of nitrogens with zero attached hydrogens (tertiary/aromatic N) is 2. The number of hydrogen-bond acceptors (Lipinski definition) is 5. The van der Waals surface area contributed by atoms with Gasteiger partial charge >= 0.3 is 0 Å². The maximum absolute atomic E-state index is 12.6. The fourth-order valence-electron chi connectivity index (χ4n) is 2.56. The van der Waals surface area contributed by atoms with E-state index in [1.807, 2.05) is 24.3 Å². The number of fused-ring (bicyclic) bond motifs is 3. The lowest BCUT2D eigenvalue weighted by atomic mass is 10.2. The van der Waals surface area contributed by atoms with Crippen molar-refractivity contribution in [1.82, 2.24) is 9.38 Å². The number of methoxy groups -OCH3 is 1. The van der Waals surface area contributed by atoms with Crippen LogP contribution in [0.1, 0.15) is 5.56 Å². The van der Waals surface area contributed by atoms with Crippen LogP contribution >= 0.6 is 11.3 Å². The molecule has 4 aromatic rings. The summed E-state index contributed by atoms with van der Waals surface area (Å²) in [6, 6.07) is 12.6. The van der Waals surface area contributed by atoms with Crippen LogP contribution in [0.15, 0.2) is 47.3 Å². The molecule has 114 valence electrons. The van der Waals surface area contributed by atoms with Crippen LogP contribution in [0, 0.1) is 0 Å². The molecule has 0 saturated heterocycles. The molecule has 0 bridgehead atoms. The largest absolute Gasteiger partial charge is 0.504 e. The van der Waals surface area contributed by atoms with Crippen LogP contribution in [0.4, 0.5) is 0 Å². The average Bonchev–Trinajstić information content (AvgIpc) is 3.05. The molecule has 0 fully saturated rings. The number of aromatic nitrogens is 2. The van der Waals surface area contributed by atoms with Gasteiger partial charge < -0.3 is 9.84 Å². The Morgan fingerprint density at radius 1 is 1.26 bits per heavy atom. The Bertz CT molecular complexity index is 1140. The number of imidazole rings is 1. The second-order valence-electron chi connectivity index (χ2n) is 5.07. The number of hydrogen-bond donors (Lipinski definition) is 1. The third-order valence-electron chi connectivity index (χ3n) is 3.65. The van der Waals surface area contributed by atoms with E-state index in [0.717, 1.165) is 16.6 Å². The van der Waals surface area contributed by atoms with Gasteiger partial charge in [0.15, 0.2) is 16.5 Å². The van der Waals surface area contributed by atoms with E-state index < -0.39 is 0 Å². The molecule has 6 heteroatoms. The lowest BCUT2D eigenvalue weighted by Crippen LogP contribution is -2.22. The average molecular weight is 324 g/mol. The lowest BCUT2D eigenvalue weighted by molar-refractivity contribution is 0.373. The number of para-hydroxylation sites is 2. The van der Waals surface area contributed by atoms with Crippen LogP contribution in [0.25, 0.3) is 22.1 Å². The van der Waals surface area contributed by atoms with Crippen molar-refractivity contribution in [2.75, 3.05) is 7.11 Å². The Balaban J connectivity index is 1.94. The maximum Gasteiger partial charge on any atom is 0.274 e. The first-order valence-corrected chi connectivity index (χ1v) is 7.78. The monoisotopic (exact) mass is 324 g/mol. The molecule has 0 unspecified atom stereocenters. The highest BCUT2D eigenvalue weighted by Crippen LogP contribution is 2.26. The van der Waals surface area contributed by atoms with Crippen molar-refractivity contribution < 1.29 is 9.84 Å². The van der Waals surface area contributed by atoms with Gasteiger partial charge in [0.05, 0.1) is 22.7 Å². The fraction of sp³-hybridized carbons (Fsp3) is 0.0588. The van der Waals surface area contributed by atoms with Crippen molar-refractivity contribution in [2.24, 2.45) is 0 Å². The number of phenols is 1.